The maximum Gasteiger partial charge on any atom is 0.263 e. The highest BCUT2D eigenvalue weighted by Crippen LogP contribution is 2.26. The second-order valence-electron chi connectivity index (χ2n) is 7.51. The van der Waals surface area contributed by atoms with Gasteiger partial charge in [0.15, 0.2) is 12.4 Å². The summed E-state index contributed by atoms with van der Waals surface area (Å²) in [5, 5.41) is 8.13. The molecule has 3 rings (SSSR count). The third kappa shape index (κ3) is 4.70. The minimum absolute atomic E-state index is 0.124. The van der Waals surface area contributed by atoms with Crippen LogP contribution in [0.3, 0.4) is 0 Å². The number of nitrogens with zero attached hydrogens (tertiary/aromatic N) is 3. The number of carbonyl (C=O) groups excluding carboxylic acids is 1. The van der Waals surface area contributed by atoms with Gasteiger partial charge in [0.25, 0.3) is 5.91 Å². The van der Waals surface area contributed by atoms with Gasteiger partial charge in [-0.2, -0.15) is 9.78 Å². The second kappa shape index (κ2) is 8.02. The van der Waals surface area contributed by atoms with Gasteiger partial charge in [0.1, 0.15) is 11.6 Å². The second-order valence-corrected chi connectivity index (χ2v) is 7.95. The van der Waals surface area contributed by atoms with Gasteiger partial charge in [-0.1, -0.05) is 38.4 Å². The van der Waals surface area contributed by atoms with Gasteiger partial charge in [-0.25, -0.2) is 4.98 Å². The van der Waals surface area contributed by atoms with Crippen LogP contribution in [0.15, 0.2) is 48.7 Å². The molecular formula is C21H23ClN4O2. The van der Waals surface area contributed by atoms with Crippen LogP contribution in [0.25, 0.3) is 5.82 Å². The normalized spacial score (nSPS) is 11.3. The highest BCUT2D eigenvalue weighted by molar-refractivity contribution is 6.30. The first-order chi connectivity index (χ1) is 13.2. The zero-order valence-corrected chi connectivity index (χ0v) is 17.1. The van der Waals surface area contributed by atoms with Crippen molar-refractivity contribution >= 4 is 23.3 Å². The third-order valence-corrected chi connectivity index (χ3v) is 4.34. The van der Waals surface area contributed by atoms with Gasteiger partial charge >= 0.3 is 0 Å². The summed E-state index contributed by atoms with van der Waals surface area (Å²) in [6.07, 6.45) is 1.69. The number of nitrogens with one attached hydrogen (secondary N) is 1. The molecule has 0 bridgehead atoms. The van der Waals surface area contributed by atoms with E-state index in [2.05, 4.69) is 36.2 Å². The van der Waals surface area contributed by atoms with Gasteiger partial charge in [-0.05, 0) is 42.8 Å². The third-order valence-electron chi connectivity index (χ3n) is 4.11. The number of hydrogen-bond donors (Lipinski definition) is 1. The average Bonchev–Trinajstić information content (AvgIpc) is 3.06. The van der Waals surface area contributed by atoms with E-state index in [-0.39, 0.29) is 17.9 Å². The molecule has 1 aromatic carbocycles. The standard InChI is InChI=1S/C21H23ClN4O2/c1-14-11-15(22)8-9-16(14)28-13-20(27)24-19-12-17(21(2,3)4)25-26(19)18-7-5-6-10-23-18/h5-12H,13H2,1-4H3,(H,24,27). The monoisotopic (exact) mass is 398 g/mol. The van der Waals surface area contributed by atoms with E-state index >= 15 is 0 Å². The molecule has 0 saturated heterocycles. The fourth-order valence-electron chi connectivity index (χ4n) is 2.59. The van der Waals surface area contributed by atoms with Crippen molar-refractivity contribution in [2.45, 2.75) is 33.1 Å². The smallest absolute Gasteiger partial charge is 0.263 e. The molecule has 2 aromatic heterocycles. The molecule has 0 aliphatic carbocycles. The zero-order chi connectivity index (χ0) is 20.3. The minimum atomic E-state index is -0.285. The number of hydrogen-bond acceptors (Lipinski definition) is 4. The fraction of sp³-hybridized carbons (Fsp3) is 0.286. The van der Waals surface area contributed by atoms with Crippen LogP contribution in [0.4, 0.5) is 5.82 Å². The predicted molar refractivity (Wildman–Crippen MR) is 110 cm³/mol. The first kappa shape index (κ1) is 19.9. The largest absolute Gasteiger partial charge is 0.483 e. The Hall–Kier alpha value is -2.86. The first-order valence-electron chi connectivity index (χ1n) is 8.95. The molecule has 3 aromatic rings. The van der Waals surface area contributed by atoms with Crippen molar-refractivity contribution in [2.75, 3.05) is 11.9 Å². The van der Waals surface area contributed by atoms with Crippen LogP contribution in [0, 0.1) is 6.92 Å². The predicted octanol–water partition coefficient (Wildman–Crippen LogP) is 4.54. The molecular weight excluding hydrogens is 376 g/mol. The summed E-state index contributed by atoms with van der Waals surface area (Å²) in [5.41, 5.74) is 1.55. The Labute approximate surface area is 169 Å². The van der Waals surface area contributed by atoms with Crippen LogP contribution in [0.1, 0.15) is 32.0 Å². The van der Waals surface area contributed by atoms with Crippen molar-refractivity contribution in [3.63, 3.8) is 0 Å². The minimum Gasteiger partial charge on any atom is -0.483 e. The van der Waals surface area contributed by atoms with Crippen molar-refractivity contribution in [1.82, 2.24) is 14.8 Å². The molecule has 0 aliphatic rings. The number of amides is 1. The molecule has 0 aliphatic heterocycles. The highest BCUT2D eigenvalue weighted by Gasteiger charge is 2.22. The maximum atomic E-state index is 12.5. The van der Waals surface area contributed by atoms with E-state index in [9.17, 15) is 4.79 Å². The van der Waals surface area contributed by atoms with E-state index in [0.29, 0.717) is 22.4 Å². The van der Waals surface area contributed by atoms with Crippen molar-refractivity contribution < 1.29 is 9.53 Å². The van der Waals surface area contributed by atoms with E-state index < -0.39 is 0 Å². The summed E-state index contributed by atoms with van der Waals surface area (Å²) in [5.74, 6) is 1.51. The maximum absolute atomic E-state index is 12.5. The van der Waals surface area contributed by atoms with E-state index in [0.717, 1.165) is 11.3 Å². The first-order valence-corrected chi connectivity index (χ1v) is 9.32. The number of rotatable bonds is 5. The molecule has 0 saturated carbocycles. The fourth-order valence-corrected chi connectivity index (χ4v) is 2.81. The Morgan fingerprint density at radius 1 is 1.21 bits per heavy atom. The molecule has 0 unspecified atom stereocenters. The van der Waals surface area contributed by atoms with Crippen LogP contribution < -0.4 is 10.1 Å². The van der Waals surface area contributed by atoms with E-state index in [1.54, 1.807) is 29.1 Å². The van der Waals surface area contributed by atoms with E-state index in [1.165, 1.54) is 0 Å². The van der Waals surface area contributed by atoms with Crippen molar-refractivity contribution in [3.8, 4) is 11.6 Å². The molecule has 0 spiro atoms. The Balaban J connectivity index is 1.78. The number of ether oxygens (including phenoxy) is 1. The Kier molecular flexibility index (Phi) is 5.70. The lowest BCUT2D eigenvalue weighted by molar-refractivity contribution is -0.118. The molecule has 0 fully saturated rings. The zero-order valence-electron chi connectivity index (χ0n) is 16.4. The number of pyridine rings is 1. The lowest BCUT2D eigenvalue weighted by atomic mass is 9.92. The number of aromatic nitrogens is 3. The lowest BCUT2D eigenvalue weighted by Crippen LogP contribution is -2.22. The summed E-state index contributed by atoms with van der Waals surface area (Å²) < 4.78 is 7.26. The van der Waals surface area contributed by atoms with E-state index in [4.69, 9.17) is 16.3 Å². The van der Waals surface area contributed by atoms with Gasteiger partial charge in [0.2, 0.25) is 0 Å². The highest BCUT2D eigenvalue weighted by atomic mass is 35.5. The molecule has 6 nitrogen and oxygen atoms in total. The van der Waals surface area contributed by atoms with Crippen molar-refractivity contribution in [2.24, 2.45) is 0 Å². The summed E-state index contributed by atoms with van der Waals surface area (Å²) in [6, 6.07) is 12.7. The summed E-state index contributed by atoms with van der Waals surface area (Å²) in [7, 11) is 0. The molecule has 1 amide bonds. The molecule has 28 heavy (non-hydrogen) atoms. The molecule has 2 heterocycles. The number of benzene rings is 1. The van der Waals surface area contributed by atoms with Gasteiger partial charge in [-0.3, -0.25) is 4.79 Å². The molecule has 7 heteroatoms. The number of anilines is 1. The molecule has 146 valence electrons. The SMILES string of the molecule is Cc1cc(Cl)ccc1OCC(=O)Nc1cc(C(C)(C)C)nn1-c1ccccn1. The number of carbonyl (C=O) groups is 1. The summed E-state index contributed by atoms with van der Waals surface area (Å²) >= 11 is 5.95. The Morgan fingerprint density at radius 2 is 2.00 bits per heavy atom. The molecule has 0 radical (unpaired) electrons. The van der Waals surface area contributed by atoms with Crippen molar-refractivity contribution in [3.05, 3.63) is 64.9 Å². The topological polar surface area (TPSA) is 69.0 Å². The summed E-state index contributed by atoms with van der Waals surface area (Å²) in [6.45, 7) is 7.95. The lowest BCUT2D eigenvalue weighted by Gasteiger charge is -2.13. The van der Waals surface area contributed by atoms with Crippen LogP contribution in [-0.4, -0.2) is 27.3 Å². The van der Waals surface area contributed by atoms with Crippen LogP contribution in [0.2, 0.25) is 5.02 Å². The van der Waals surface area contributed by atoms with Gasteiger partial charge < -0.3 is 10.1 Å². The Morgan fingerprint density at radius 3 is 2.64 bits per heavy atom. The summed E-state index contributed by atoms with van der Waals surface area (Å²) in [4.78, 5) is 16.8. The van der Waals surface area contributed by atoms with Gasteiger partial charge in [0, 0.05) is 22.7 Å². The quantitative estimate of drug-likeness (QED) is 0.684. The van der Waals surface area contributed by atoms with Crippen LogP contribution >= 0.6 is 11.6 Å². The van der Waals surface area contributed by atoms with E-state index in [1.807, 2.05) is 31.2 Å². The van der Waals surface area contributed by atoms with Gasteiger partial charge in [-0.15, -0.1) is 0 Å². The average molecular weight is 399 g/mol. The molecule has 0 atom stereocenters. The van der Waals surface area contributed by atoms with Gasteiger partial charge in [0.05, 0.1) is 5.69 Å². The number of aryl methyl sites for hydroxylation is 1. The van der Waals surface area contributed by atoms with Crippen molar-refractivity contribution in [1.29, 1.82) is 0 Å². The van der Waals surface area contributed by atoms with Crippen LogP contribution in [-0.2, 0) is 10.2 Å². The van der Waals surface area contributed by atoms with Crippen LogP contribution in [0.5, 0.6) is 5.75 Å². The molecule has 1 N–H and O–H groups in total. The Bertz CT molecular complexity index is 978. The number of halogens is 1.